The Kier molecular flexibility index (Phi) is 6.99. The molecular weight excluding hydrogens is 506 g/mol. The third kappa shape index (κ3) is 5.29. The van der Waals surface area contributed by atoms with E-state index in [9.17, 15) is 18.4 Å². The second-order valence-electron chi connectivity index (χ2n) is 11.5. The molecule has 1 saturated heterocycles. The van der Waals surface area contributed by atoms with E-state index in [2.05, 4.69) is 10.3 Å². The highest BCUT2D eigenvalue weighted by atomic mass is 19.1. The summed E-state index contributed by atoms with van der Waals surface area (Å²) in [5.41, 5.74) is 1.33. The molecule has 208 valence electrons. The Morgan fingerprint density at radius 3 is 2.54 bits per heavy atom. The number of ether oxygens (including phenoxy) is 2. The highest BCUT2D eigenvalue weighted by Crippen LogP contribution is 2.39. The number of pyridine rings is 1. The molecule has 3 heterocycles. The number of imidazole rings is 1. The van der Waals surface area contributed by atoms with E-state index in [4.69, 9.17) is 9.47 Å². The van der Waals surface area contributed by atoms with Gasteiger partial charge in [-0.3, -0.25) is 9.20 Å². The van der Waals surface area contributed by atoms with E-state index in [1.54, 1.807) is 28.5 Å². The molecule has 0 spiro atoms. The number of benzene rings is 1. The number of carbonyl (C=O) groups is 2. The summed E-state index contributed by atoms with van der Waals surface area (Å²) in [5.74, 6) is -1.17. The van der Waals surface area contributed by atoms with Gasteiger partial charge in [-0.1, -0.05) is 6.07 Å². The van der Waals surface area contributed by atoms with Crippen LogP contribution < -0.4 is 10.1 Å². The average molecular weight is 541 g/mol. The topological polar surface area (TPSA) is 85.2 Å². The molecule has 2 fully saturated rings. The van der Waals surface area contributed by atoms with Crippen LogP contribution in [0.4, 0.5) is 13.6 Å². The summed E-state index contributed by atoms with van der Waals surface area (Å²) in [6, 6.07) is 5.35. The number of aryl methyl sites for hydroxylation is 2. The minimum atomic E-state index is -0.690. The Labute approximate surface area is 226 Å². The largest absolute Gasteiger partial charge is 0.485 e. The van der Waals surface area contributed by atoms with Gasteiger partial charge in [0.1, 0.15) is 29.5 Å². The van der Waals surface area contributed by atoms with Crippen LogP contribution in [0.2, 0.25) is 0 Å². The first-order valence-corrected chi connectivity index (χ1v) is 13.3. The summed E-state index contributed by atoms with van der Waals surface area (Å²) in [5, 5.41) is 3.19. The van der Waals surface area contributed by atoms with Crippen molar-refractivity contribution in [3.63, 3.8) is 0 Å². The summed E-state index contributed by atoms with van der Waals surface area (Å²) >= 11 is 0. The summed E-state index contributed by atoms with van der Waals surface area (Å²) < 4.78 is 41.3. The SMILES string of the molecule is Cc1cc(OCc2c(F)cccc2F)c2nc(C)c(C(=O)NC3CCC4C3CCN4C(=O)OC(C)(C)C)n2c1. The smallest absolute Gasteiger partial charge is 0.410 e. The molecule has 2 aliphatic rings. The van der Waals surface area contributed by atoms with Gasteiger partial charge in [-0.25, -0.2) is 18.6 Å². The van der Waals surface area contributed by atoms with Gasteiger partial charge in [-0.15, -0.1) is 0 Å². The van der Waals surface area contributed by atoms with Crippen LogP contribution >= 0.6 is 0 Å². The van der Waals surface area contributed by atoms with Crippen molar-refractivity contribution in [1.29, 1.82) is 0 Å². The molecule has 8 nitrogen and oxygen atoms in total. The number of carbonyl (C=O) groups excluding carboxylic acids is 2. The zero-order valence-corrected chi connectivity index (χ0v) is 22.9. The van der Waals surface area contributed by atoms with Gasteiger partial charge in [-0.05, 0) is 77.6 Å². The second kappa shape index (κ2) is 10.1. The lowest BCUT2D eigenvalue weighted by atomic mass is 10.00. The predicted octanol–water partition coefficient (Wildman–Crippen LogP) is 5.33. The van der Waals surface area contributed by atoms with Crippen molar-refractivity contribution in [2.75, 3.05) is 6.54 Å². The van der Waals surface area contributed by atoms with E-state index in [1.165, 1.54) is 18.2 Å². The molecule has 1 N–H and O–H groups in total. The zero-order chi connectivity index (χ0) is 28.1. The number of hydrogen-bond acceptors (Lipinski definition) is 5. The Balaban J connectivity index is 1.34. The molecular formula is C29H34F2N4O4. The molecule has 3 atom stereocenters. The van der Waals surface area contributed by atoms with Gasteiger partial charge >= 0.3 is 6.09 Å². The van der Waals surface area contributed by atoms with E-state index in [1.807, 2.05) is 27.7 Å². The summed E-state index contributed by atoms with van der Waals surface area (Å²) in [6.45, 7) is 9.44. The van der Waals surface area contributed by atoms with E-state index in [0.717, 1.165) is 24.8 Å². The molecule has 0 bridgehead atoms. The Morgan fingerprint density at radius 2 is 1.85 bits per heavy atom. The van der Waals surface area contributed by atoms with Crippen LogP contribution in [-0.4, -0.2) is 50.5 Å². The lowest BCUT2D eigenvalue weighted by Crippen LogP contribution is -2.42. The fourth-order valence-corrected chi connectivity index (χ4v) is 5.80. The molecule has 2 aromatic heterocycles. The Morgan fingerprint density at radius 1 is 1.13 bits per heavy atom. The van der Waals surface area contributed by atoms with Crippen molar-refractivity contribution in [2.45, 2.75) is 78.2 Å². The van der Waals surface area contributed by atoms with Crippen LogP contribution in [0, 0.1) is 31.4 Å². The maximum Gasteiger partial charge on any atom is 0.410 e. The van der Waals surface area contributed by atoms with Crippen LogP contribution in [-0.2, 0) is 11.3 Å². The standard InChI is InChI=1S/C29H34F2N4O4/c1-16-13-24(38-15-19-20(30)7-6-8-21(19)31)26-32-17(2)25(35(26)14-16)27(36)33-22-9-10-23-18(22)11-12-34(23)28(37)39-29(3,4)5/h6-8,13-14,18,22-23H,9-12,15H2,1-5H3,(H,33,36). The minimum Gasteiger partial charge on any atom is -0.485 e. The van der Waals surface area contributed by atoms with Crippen molar-refractivity contribution in [1.82, 2.24) is 19.6 Å². The fourth-order valence-electron chi connectivity index (χ4n) is 5.80. The minimum absolute atomic E-state index is 0.0365. The van der Waals surface area contributed by atoms with Gasteiger partial charge < -0.3 is 19.7 Å². The first-order valence-electron chi connectivity index (χ1n) is 13.3. The zero-order valence-electron chi connectivity index (χ0n) is 22.9. The van der Waals surface area contributed by atoms with Gasteiger partial charge in [0.2, 0.25) is 0 Å². The van der Waals surface area contributed by atoms with Gasteiger partial charge in [0.05, 0.1) is 11.3 Å². The van der Waals surface area contributed by atoms with Gasteiger partial charge in [-0.2, -0.15) is 0 Å². The van der Waals surface area contributed by atoms with Gasteiger partial charge in [0.25, 0.3) is 5.91 Å². The van der Waals surface area contributed by atoms with Crippen LogP contribution in [0.15, 0.2) is 30.5 Å². The lowest BCUT2D eigenvalue weighted by Gasteiger charge is -2.28. The summed E-state index contributed by atoms with van der Waals surface area (Å²) in [7, 11) is 0. The van der Waals surface area contributed by atoms with Crippen molar-refractivity contribution in [3.05, 3.63) is 64.6 Å². The van der Waals surface area contributed by atoms with Crippen LogP contribution in [0.3, 0.4) is 0 Å². The third-order valence-electron chi connectivity index (χ3n) is 7.48. The average Bonchev–Trinajstić information content (AvgIpc) is 3.51. The van der Waals surface area contributed by atoms with Crippen molar-refractivity contribution < 1.29 is 27.8 Å². The number of rotatable bonds is 5. The highest BCUT2D eigenvalue weighted by Gasteiger charge is 2.47. The quantitative estimate of drug-likeness (QED) is 0.473. The first-order chi connectivity index (χ1) is 18.4. The van der Waals surface area contributed by atoms with Crippen LogP contribution in [0.1, 0.15) is 67.3 Å². The van der Waals surface area contributed by atoms with E-state index in [-0.39, 0.29) is 42.2 Å². The van der Waals surface area contributed by atoms with Crippen LogP contribution in [0.25, 0.3) is 5.65 Å². The molecule has 3 unspecified atom stereocenters. The molecule has 1 aromatic carbocycles. The second-order valence-corrected chi connectivity index (χ2v) is 11.5. The maximum absolute atomic E-state index is 14.1. The Bertz CT molecular complexity index is 1410. The molecule has 0 radical (unpaired) electrons. The number of fused-ring (bicyclic) bond motifs is 2. The van der Waals surface area contributed by atoms with Crippen molar-refractivity contribution in [3.8, 4) is 5.75 Å². The third-order valence-corrected chi connectivity index (χ3v) is 7.48. The molecule has 1 aliphatic heterocycles. The number of nitrogens with one attached hydrogen (secondary N) is 1. The highest BCUT2D eigenvalue weighted by molar-refractivity contribution is 5.95. The van der Waals surface area contributed by atoms with E-state index < -0.39 is 17.2 Å². The number of nitrogens with zero attached hydrogens (tertiary/aromatic N) is 3. The first kappa shape index (κ1) is 26.9. The molecule has 2 amide bonds. The predicted molar refractivity (Wildman–Crippen MR) is 141 cm³/mol. The maximum atomic E-state index is 14.1. The molecule has 39 heavy (non-hydrogen) atoms. The van der Waals surface area contributed by atoms with E-state index >= 15 is 0 Å². The Hall–Kier alpha value is -3.69. The summed E-state index contributed by atoms with van der Waals surface area (Å²) in [4.78, 5) is 32.6. The number of likely N-dealkylation sites (tertiary alicyclic amines) is 1. The normalized spacial score (nSPS) is 20.8. The molecule has 10 heteroatoms. The van der Waals surface area contributed by atoms with E-state index in [0.29, 0.717) is 29.3 Å². The number of aromatic nitrogens is 2. The monoisotopic (exact) mass is 540 g/mol. The lowest BCUT2D eigenvalue weighted by molar-refractivity contribution is 0.0217. The van der Waals surface area contributed by atoms with Crippen LogP contribution in [0.5, 0.6) is 5.75 Å². The number of hydrogen-bond donors (Lipinski definition) is 1. The van der Waals surface area contributed by atoms with Gasteiger partial charge in [0.15, 0.2) is 11.4 Å². The van der Waals surface area contributed by atoms with Crippen molar-refractivity contribution >= 4 is 17.6 Å². The van der Waals surface area contributed by atoms with Gasteiger partial charge in [0, 0.05) is 30.7 Å². The number of amides is 2. The summed E-state index contributed by atoms with van der Waals surface area (Å²) in [6.07, 6.45) is 3.84. The number of halogens is 2. The molecule has 5 rings (SSSR count). The fraction of sp³-hybridized carbons (Fsp3) is 0.483. The molecule has 1 aliphatic carbocycles. The van der Waals surface area contributed by atoms with Crippen molar-refractivity contribution in [2.24, 2.45) is 5.92 Å². The molecule has 1 saturated carbocycles. The molecule has 3 aromatic rings.